The summed E-state index contributed by atoms with van der Waals surface area (Å²) in [5, 5.41) is 4.11. The Morgan fingerprint density at radius 1 is 0.968 bits per heavy atom. The Balaban J connectivity index is 1.98. The Kier molecular flexibility index (Phi) is 6.19. The lowest BCUT2D eigenvalue weighted by Crippen LogP contribution is -2.11. The third kappa shape index (κ3) is 5.71. The topological polar surface area (TPSA) is 43.6 Å². The summed E-state index contributed by atoms with van der Waals surface area (Å²) in [6.07, 6.45) is -3.36. The number of pyridine rings is 1. The van der Waals surface area contributed by atoms with Crippen LogP contribution in [0.4, 0.5) is 26.3 Å². The molecule has 0 spiro atoms. The van der Waals surface area contributed by atoms with Gasteiger partial charge in [0, 0.05) is 18.0 Å². The molecule has 0 atom stereocenters. The molecule has 3 rings (SSSR count). The van der Waals surface area contributed by atoms with Crippen LogP contribution in [0.1, 0.15) is 30.5 Å². The van der Waals surface area contributed by atoms with Crippen LogP contribution in [-0.4, -0.2) is 19.7 Å². The van der Waals surface area contributed by atoms with Crippen molar-refractivity contribution in [1.82, 2.24) is 19.7 Å². The van der Waals surface area contributed by atoms with E-state index in [1.54, 1.807) is 24.5 Å². The van der Waals surface area contributed by atoms with Gasteiger partial charge in [0.05, 0.1) is 17.7 Å². The molecule has 0 fully saturated rings. The predicted molar refractivity (Wildman–Crippen MR) is 103 cm³/mol. The highest BCUT2D eigenvalue weighted by Crippen LogP contribution is 2.38. The zero-order valence-corrected chi connectivity index (χ0v) is 16.5. The fourth-order valence-corrected chi connectivity index (χ4v) is 2.97. The van der Waals surface area contributed by atoms with Gasteiger partial charge < -0.3 is 0 Å². The summed E-state index contributed by atoms with van der Waals surface area (Å²) in [5.74, 6) is -0.0285. The van der Waals surface area contributed by atoms with Crippen LogP contribution in [0.2, 0.25) is 0 Å². The molecule has 164 valence electrons. The second-order valence-electron chi connectivity index (χ2n) is 7.23. The van der Waals surface area contributed by atoms with E-state index < -0.39 is 23.5 Å². The van der Waals surface area contributed by atoms with Crippen molar-refractivity contribution < 1.29 is 26.3 Å². The number of hydrogen-bond donors (Lipinski definition) is 0. The normalized spacial score (nSPS) is 13.1. The summed E-state index contributed by atoms with van der Waals surface area (Å²) in [5.41, 5.74) is -1.44. The van der Waals surface area contributed by atoms with Gasteiger partial charge in [0.15, 0.2) is 5.82 Å². The number of hydrogen-bond acceptors (Lipinski definition) is 3. The van der Waals surface area contributed by atoms with Crippen molar-refractivity contribution in [3.05, 3.63) is 71.8 Å². The Labute approximate surface area is 174 Å². The quantitative estimate of drug-likeness (QED) is 0.449. The van der Waals surface area contributed by atoms with E-state index >= 15 is 0 Å². The summed E-state index contributed by atoms with van der Waals surface area (Å²) in [6, 6.07) is 4.90. The van der Waals surface area contributed by atoms with Gasteiger partial charge in [-0.15, -0.1) is 0 Å². The number of allylic oxidation sites excluding steroid dienone is 2. The number of nitrogens with zero attached hydrogens (tertiary/aromatic N) is 4. The molecule has 3 aromatic rings. The molecular weight excluding hydrogens is 422 g/mol. The largest absolute Gasteiger partial charge is 0.416 e. The number of aromatic nitrogens is 4. The van der Waals surface area contributed by atoms with Gasteiger partial charge in [-0.05, 0) is 47.4 Å². The maximum absolute atomic E-state index is 13.1. The van der Waals surface area contributed by atoms with Crippen LogP contribution >= 0.6 is 0 Å². The van der Waals surface area contributed by atoms with Crippen molar-refractivity contribution in [2.75, 3.05) is 0 Å². The molecule has 0 bridgehead atoms. The van der Waals surface area contributed by atoms with Gasteiger partial charge in [0.25, 0.3) is 0 Å². The second-order valence-corrected chi connectivity index (χ2v) is 7.23. The van der Waals surface area contributed by atoms with Crippen molar-refractivity contribution in [1.29, 1.82) is 0 Å². The Hall–Kier alpha value is -3.17. The summed E-state index contributed by atoms with van der Waals surface area (Å²) < 4.78 is 80.0. The van der Waals surface area contributed by atoms with Crippen LogP contribution < -0.4 is 0 Å². The lowest BCUT2D eigenvalue weighted by Gasteiger charge is -2.13. The van der Waals surface area contributed by atoms with Gasteiger partial charge in [0.2, 0.25) is 0 Å². The van der Waals surface area contributed by atoms with Gasteiger partial charge in [-0.1, -0.05) is 19.9 Å². The monoisotopic (exact) mass is 440 g/mol. The molecule has 0 unspecified atom stereocenters. The van der Waals surface area contributed by atoms with E-state index in [-0.39, 0.29) is 29.9 Å². The lowest BCUT2D eigenvalue weighted by atomic mass is 10.0. The fraction of sp³-hybridized carbons (Fsp3) is 0.286. The summed E-state index contributed by atoms with van der Waals surface area (Å²) in [4.78, 5) is 7.90. The molecule has 0 amide bonds. The molecule has 0 aliphatic rings. The molecule has 31 heavy (non-hydrogen) atoms. The van der Waals surface area contributed by atoms with E-state index in [9.17, 15) is 26.3 Å². The molecule has 0 aliphatic heterocycles. The highest BCUT2D eigenvalue weighted by Gasteiger charge is 2.37. The van der Waals surface area contributed by atoms with Crippen molar-refractivity contribution in [2.24, 2.45) is 5.92 Å². The van der Waals surface area contributed by atoms with Gasteiger partial charge in [0.1, 0.15) is 6.33 Å². The number of benzene rings is 1. The molecule has 0 aliphatic carbocycles. The maximum atomic E-state index is 13.1. The minimum absolute atomic E-state index is 0.0768. The third-order valence-corrected chi connectivity index (χ3v) is 4.30. The molecule has 2 heterocycles. The first-order valence-corrected chi connectivity index (χ1v) is 9.24. The first-order chi connectivity index (χ1) is 14.4. The van der Waals surface area contributed by atoms with Gasteiger partial charge in [-0.2, -0.15) is 31.4 Å². The molecule has 10 heteroatoms. The SMILES string of the molecule is CC(C)/C=C(/Cn1cnc(-c2cc(C(F)(F)F)cc(C(F)(F)F)c2)n1)c1ccncc1. The highest BCUT2D eigenvalue weighted by molar-refractivity contribution is 5.65. The summed E-state index contributed by atoms with van der Waals surface area (Å²) >= 11 is 0. The second kappa shape index (κ2) is 8.52. The molecule has 4 nitrogen and oxygen atoms in total. The Bertz CT molecular complexity index is 1030. The first-order valence-electron chi connectivity index (χ1n) is 9.24. The molecule has 0 saturated heterocycles. The van der Waals surface area contributed by atoms with Gasteiger partial charge in [-0.25, -0.2) is 9.67 Å². The van der Waals surface area contributed by atoms with E-state index in [4.69, 9.17) is 0 Å². The minimum atomic E-state index is -4.94. The van der Waals surface area contributed by atoms with Crippen molar-refractivity contribution in [2.45, 2.75) is 32.7 Å². The summed E-state index contributed by atoms with van der Waals surface area (Å²) in [7, 11) is 0. The van der Waals surface area contributed by atoms with Crippen LogP contribution in [-0.2, 0) is 18.9 Å². The van der Waals surface area contributed by atoms with Crippen LogP contribution in [0.5, 0.6) is 0 Å². The fourth-order valence-electron chi connectivity index (χ4n) is 2.97. The zero-order valence-electron chi connectivity index (χ0n) is 16.5. The van der Waals surface area contributed by atoms with Crippen LogP contribution in [0, 0.1) is 5.92 Å². The third-order valence-electron chi connectivity index (χ3n) is 4.30. The van der Waals surface area contributed by atoms with Crippen molar-refractivity contribution in [3.8, 4) is 11.4 Å². The molecule has 1 aromatic carbocycles. The number of alkyl halides is 6. The minimum Gasteiger partial charge on any atom is -0.265 e. The van der Waals surface area contributed by atoms with Crippen LogP contribution in [0.3, 0.4) is 0 Å². The zero-order chi connectivity index (χ0) is 22.8. The standard InChI is InChI=1S/C21H18F6N4/c1-13(2)7-16(14-3-5-28-6-4-14)11-31-12-29-19(30-31)15-8-17(20(22,23)24)10-18(9-15)21(25,26)27/h3-10,12-13H,11H2,1-2H3/b16-7-. The van der Waals surface area contributed by atoms with Gasteiger partial charge >= 0.3 is 12.4 Å². The summed E-state index contributed by atoms with van der Waals surface area (Å²) in [6.45, 7) is 4.20. The maximum Gasteiger partial charge on any atom is 0.416 e. The van der Waals surface area contributed by atoms with Crippen molar-refractivity contribution in [3.63, 3.8) is 0 Å². The Morgan fingerprint density at radius 2 is 1.55 bits per heavy atom. The predicted octanol–water partition coefficient (Wildman–Crippen LogP) is 6.12. The smallest absolute Gasteiger partial charge is 0.265 e. The van der Waals surface area contributed by atoms with E-state index in [0.717, 1.165) is 11.1 Å². The molecule has 0 N–H and O–H groups in total. The van der Waals surface area contributed by atoms with E-state index in [1.165, 1.54) is 11.0 Å². The molecule has 2 aromatic heterocycles. The number of rotatable bonds is 5. The Morgan fingerprint density at radius 3 is 2.06 bits per heavy atom. The molecule has 0 radical (unpaired) electrons. The van der Waals surface area contributed by atoms with Gasteiger partial charge in [-0.3, -0.25) is 4.98 Å². The highest BCUT2D eigenvalue weighted by atomic mass is 19.4. The first kappa shape index (κ1) is 22.5. The van der Waals surface area contributed by atoms with E-state index in [2.05, 4.69) is 15.1 Å². The average Bonchev–Trinajstić information content (AvgIpc) is 3.15. The average molecular weight is 440 g/mol. The van der Waals surface area contributed by atoms with E-state index in [1.807, 2.05) is 19.9 Å². The lowest BCUT2D eigenvalue weighted by molar-refractivity contribution is -0.143. The van der Waals surface area contributed by atoms with Crippen molar-refractivity contribution >= 4 is 5.57 Å². The molecule has 0 saturated carbocycles. The van der Waals surface area contributed by atoms with Crippen LogP contribution in [0.15, 0.2) is 55.1 Å². The molecular formula is C21H18F6N4. The number of halogens is 6. The van der Waals surface area contributed by atoms with Crippen LogP contribution in [0.25, 0.3) is 17.0 Å². The van der Waals surface area contributed by atoms with E-state index in [0.29, 0.717) is 12.1 Å².